The second kappa shape index (κ2) is 18.4. The van der Waals surface area contributed by atoms with Crippen LogP contribution in [0.1, 0.15) is 126 Å². The van der Waals surface area contributed by atoms with Crippen molar-refractivity contribution in [1.29, 1.82) is 0 Å². The summed E-state index contributed by atoms with van der Waals surface area (Å²) >= 11 is 0. The number of phenols is 1. The van der Waals surface area contributed by atoms with Gasteiger partial charge in [0.2, 0.25) is 0 Å². The van der Waals surface area contributed by atoms with E-state index in [1.165, 1.54) is 12.1 Å². The number of benzene rings is 2. The lowest BCUT2D eigenvalue weighted by molar-refractivity contribution is 0.107. The molecular formula is C53H71F3N6O2Si2. The standard InChI is InChI=1S/C53H71F3N6O2Si2/c1-31(2)65(32(3)4,33(5)6)22-18-42-44(55)17-14-37-24-41(63)25-43(46(37)42)49-48(56)50-47(45(58-49)19-23-66(34(7)8,35(9)10)36(11)12)51(61-28-39-15-16-40(29-61)57-39)60-52(59-50)64-30-53-20-13-21-62(53)27-38(54)26-53/h14,17,24-25,31-36,38-40,57,63H,13,15-16,20-21,26-30H2,1-12H3/t38-,39?,40?,53-/m1/s1. The van der Waals surface area contributed by atoms with Crippen LogP contribution < -0.4 is 15.0 Å². The van der Waals surface area contributed by atoms with Crippen molar-refractivity contribution < 1.29 is 23.0 Å². The van der Waals surface area contributed by atoms with Gasteiger partial charge in [0.25, 0.3) is 0 Å². The molecule has 2 unspecified atom stereocenters. The Bertz CT molecular complexity index is 2580. The number of rotatable bonds is 11. The van der Waals surface area contributed by atoms with E-state index in [2.05, 4.69) is 121 Å². The van der Waals surface area contributed by atoms with Crippen LogP contribution in [-0.4, -0.2) is 97.7 Å². The summed E-state index contributed by atoms with van der Waals surface area (Å²) in [5, 5.41) is 16.4. The number of hydrogen-bond acceptors (Lipinski definition) is 8. The first-order chi connectivity index (χ1) is 31.2. The molecule has 2 N–H and O–H groups in total. The van der Waals surface area contributed by atoms with Gasteiger partial charge in [0, 0.05) is 49.1 Å². The lowest BCUT2D eigenvalue weighted by Gasteiger charge is -2.38. The largest absolute Gasteiger partial charge is 0.508 e. The first kappa shape index (κ1) is 48.3. The molecule has 4 aromatic rings. The maximum absolute atomic E-state index is 18.3. The fraction of sp³-hybridized carbons (Fsp3) is 0.604. The summed E-state index contributed by atoms with van der Waals surface area (Å²) in [6.45, 7) is 29.4. The minimum Gasteiger partial charge on any atom is -0.508 e. The van der Waals surface area contributed by atoms with Gasteiger partial charge in [0.1, 0.15) is 63.2 Å². The second-order valence-corrected chi connectivity index (χ2v) is 33.1. The quantitative estimate of drug-likeness (QED) is 0.114. The molecular weight excluding hydrogens is 866 g/mol. The molecule has 0 radical (unpaired) electrons. The molecule has 4 aliphatic rings. The van der Waals surface area contributed by atoms with Crippen LogP contribution in [0.3, 0.4) is 0 Å². The summed E-state index contributed by atoms with van der Waals surface area (Å²) in [5.74, 6) is 6.06. The summed E-state index contributed by atoms with van der Waals surface area (Å²) in [4.78, 5) is 19.6. The van der Waals surface area contributed by atoms with Gasteiger partial charge < -0.3 is 20.1 Å². The average molecular weight is 937 g/mol. The number of nitrogens with one attached hydrogen (secondary N) is 1. The first-order valence-corrected chi connectivity index (χ1v) is 29.1. The summed E-state index contributed by atoms with van der Waals surface area (Å²) in [5.41, 5.74) is 9.44. The Morgan fingerprint density at radius 1 is 0.803 bits per heavy atom. The van der Waals surface area contributed by atoms with Crippen molar-refractivity contribution in [3.63, 3.8) is 0 Å². The Labute approximate surface area is 393 Å². The maximum atomic E-state index is 18.3. The van der Waals surface area contributed by atoms with Crippen molar-refractivity contribution in [1.82, 2.24) is 25.2 Å². The summed E-state index contributed by atoms with van der Waals surface area (Å²) in [7, 11) is -4.74. The number of halogens is 3. The van der Waals surface area contributed by atoms with Gasteiger partial charge in [-0.2, -0.15) is 9.97 Å². The van der Waals surface area contributed by atoms with E-state index in [-0.39, 0.29) is 52.8 Å². The van der Waals surface area contributed by atoms with Crippen LogP contribution in [0.4, 0.5) is 19.0 Å². The van der Waals surface area contributed by atoms with Crippen molar-refractivity contribution in [3.05, 3.63) is 47.2 Å². The number of piperazine rings is 1. The van der Waals surface area contributed by atoms with Crippen molar-refractivity contribution in [2.24, 2.45) is 0 Å². The molecule has 4 fully saturated rings. The topological polar surface area (TPSA) is 86.6 Å². The SMILES string of the molecule is CC(C)[Si](C#Cc1c(F)ccc2cc(O)cc(-c3nc(C#C[Si](C(C)C)(C(C)C)C(C)C)c4c(N5CC6CCC(C5)N6)nc(OC[C@]56CCCN5C[C@H](F)C6)nc4c3F)c12)(C(C)C)C(C)C. The third-order valence-corrected chi connectivity index (χ3v) is 28.9. The van der Waals surface area contributed by atoms with Crippen molar-refractivity contribution >= 4 is 43.6 Å². The number of alkyl halides is 1. The molecule has 4 atom stereocenters. The number of aromatic nitrogens is 3. The molecule has 0 spiro atoms. The zero-order valence-electron chi connectivity index (χ0n) is 41.3. The van der Waals surface area contributed by atoms with E-state index >= 15 is 8.78 Å². The fourth-order valence-electron chi connectivity index (χ4n) is 13.3. The van der Waals surface area contributed by atoms with Gasteiger partial charge in [-0.1, -0.05) is 101 Å². The Morgan fingerprint density at radius 3 is 2.02 bits per heavy atom. The van der Waals surface area contributed by atoms with Crippen LogP contribution >= 0.6 is 0 Å². The highest BCUT2D eigenvalue weighted by Gasteiger charge is 2.50. The highest BCUT2D eigenvalue weighted by molar-refractivity contribution is 6.91. The summed E-state index contributed by atoms with van der Waals surface area (Å²) in [6, 6.07) is 6.48. The zero-order chi connectivity index (χ0) is 47.6. The maximum Gasteiger partial charge on any atom is 0.319 e. The molecule has 2 aromatic carbocycles. The molecule has 8 rings (SSSR count). The molecule has 4 saturated heterocycles. The number of ether oxygens (including phenoxy) is 1. The van der Waals surface area contributed by atoms with Gasteiger partial charge in [-0.05, 0) is 89.1 Å². The number of pyridine rings is 1. The number of phenolic OH excluding ortho intramolecular Hbond substituents is 1. The van der Waals surface area contributed by atoms with Gasteiger partial charge in [0.05, 0.1) is 16.5 Å². The number of aromatic hydroxyl groups is 1. The van der Waals surface area contributed by atoms with E-state index in [4.69, 9.17) is 19.7 Å². The van der Waals surface area contributed by atoms with E-state index in [0.29, 0.717) is 87.0 Å². The van der Waals surface area contributed by atoms with Crippen molar-refractivity contribution in [2.75, 3.05) is 37.7 Å². The average Bonchev–Trinajstić information content (AvgIpc) is 3.90. The fourth-order valence-corrected chi connectivity index (χ4v) is 23.7. The van der Waals surface area contributed by atoms with Gasteiger partial charge in [0.15, 0.2) is 5.82 Å². The lowest BCUT2D eigenvalue weighted by atomic mass is 9.95. The van der Waals surface area contributed by atoms with Gasteiger partial charge in [-0.15, -0.1) is 11.1 Å². The minimum absolute atomic E-state index is 0.00727. The molecule has 354 valence electrons. The molecule has 0 saturated carbocycles. The van der Waals surface area contributed by atoms with E-state index in [0.717, 1.165) is 32.2 Å². The van der Waals surface area contributed by atoms with Crippen molar-refractivity contribution in [2.45, 2.75) is 172 Å². The van der Waals surface area contributed by atoms with Crippen LogP contribution in [0.25, 0.3) is 32.9 Å². The predicted molar refractivity (Wildman–Crippen MR) is 268 cm³/mol. The minimum atomic E-state index is -2.38. The third-order valence-electron chi connectivity index (χ3n) is 16.3. The molecule has 4 aliphatic heterocycles. The molecule has 66 heavy (non-hydrogen) atoms. The number of nitrogens with zero attached hydrogens (tertiary/aromatic N) is 5. The molecule has 13 heteroatoms. The Kier molecular flexibility index (Phi) is 13.5. The van der Waals surface area contributed by atoms with E-state index in [1.54, 1.807) is 12.1 Å². The molecule has 2 bridgehead atoms. The molecule has 2 aromatic heterocycles. The third kappa shape index (κ3) is 8.32. The van der Waals surface area contributed by atoms with E-state index in [9.17, 15) is 9.50 Å². The highest BCUT2D eigenvalue weighted by atomic mass is 28.3. The summed E-state index contributed by atoms with van der Waals surface area (Å²) < 4.78 is 56.4. The monoisotopic (exact) mass is 937 g/mol. The van der Waals surface area contributed by atoms with E-state index in [1.807, 2.05) is 0 Å². The van der Waals surface area contributed by atoms with Crippen LogP contribution in [0.2, 0.25) is 33.2 Å². The second-order valence-electron chi connectivity index (χ2n) is 21.9. The van der Waals surface area contributed by atoms with E-state index < -0.39 is 39.5 Å². The Hall–Kier alpha value is -4.15. The molecule has 8 nitrogen and oxygen atoms in total. The molecule has 6 heterocycles. The smallest absolute Gasteiger partial charge is 0.319 e. The Balaban J connectivity index is 1.44. The van der Waals surface area contributed by atoms with Gasteiger partial charge in [-0.3, -0.25) is 4.90 Å². The van der Waals surface area contributed by atoms with Crippen LogP contribution in [0.5, 0.6) is 11.8 Å². The Morgan fingerprint density at radius 2 is 1.41 bits per heavy atom. The van der Waals surface area contributed by atoms with Crippen LogP contribution in [0.15, 0.2) is 24.3 Å². The van der Waals surface area contributed by atoms with Crippen molar-refractivity contribution in [3.8, 4) is 45.9 Å². The van der Waals surface area contributed by atoms with Crippen LogP contribution in [-0.2, 0) is 0 Å². The normalized spacial score (nSPS) is 22.4. The lowest BCUT2D eigenvalue weighted by Crippen LogP contribution is -2.51. The molecule has 0 aliphatic carbocycles. The highest BCUT2D eigenvalue weighted by Crippen LogP contribution is 2.45. The van der Waals surface area contributed by atoms with Crippen LogP contribution in [0, 0.1) is 34.6 Å². The zero-order valence-corrected chi connectivity index (χ0v) is 43.3. The predicted octanol–water partition coefficient (Wildman–Crippen LogP) is 11.9. The van der Waals surface area contributed by atoms with Gasteiger partial charge >= 0.3 is 6.01 Å². The number of hydrogen-bond donors (Lipinski definition) is 2. The molecule has 0 amide bonds. The summed E-state index contributed by atoms with van der Waals surface area (Å²) in [6.07, 6.45) is 3.21. The van der Waals surface area contributed by atoms with Gasteiger partial charge in [-0.25, -0.2) is 18.2 Å². The number of anilines is 1. The first-order valence-electron chi connectivity index (χ1n) is 24.7. The number of fused-ring (bicyclic) bond motifs is 5.